The van der Waals surface area contributed by atoms with Gasteiger partial charge in [-0.3, -0.25) is 9.59 Å². The Labute approximate surface area is 274 Å². The summed E-state index contributed by atoms with van der Waals surface area (Å²) in [7, 11) is -2.10. The number of sulfone groups is 1. The van der Waals surface area contributed by atoms with Crippen LogP contribution in [0.3, 0.4) is 0 Å². The second kappa shape index (κ2) is 14.2. The minimum Gasteiger partial charge on any atom is -0.479 e. The summed E-state index contributed by atoms with van der Waals surface area (Å²) in [5, 5.41) is 18.4. The summed E-state index contributed by atoms with van der Waals surface area (Å²) < 4.78 is 30.2. The van der Waals surface area contributed by atoms with E-state index in [9.17, 15) is 32.7 Å². The molecule has 0 aliphatic carbocycles. The van der Waals surface area contributed by atoms with Crippen molar-refractivity contribution >= 4 is 45.1 Å². The van der Waals surface area contributed by atoms with Crippen LogP contribution in [0.25, 0.3) is 0 Å². The van der Waals surface area contributed by atoms with E-state index in [2.05, 4.69) is 16.0 Å². The number of rotatable bonds is 12. The molecule has 4 N–H and O–H groups in total. The van der Waals surface area contributed by atoms with Gasteiger partial charge in [-0.1, -0.05) is 30.3 Å². The van der Waals surface area contributed by atoms with Gasteiger partial charge in [-0.25, -0.2) is 18.0 Å². The molecule has 1 heterocycles. The van der Waals surface area contributed by atoms with Crippen LogP contribution in [0.1, 0.15) is 72.3 Å². The topological polar surface area (TPSA) is 171 Å². The first-order valence-electron chi connectivity index (χ1n) is 15.1. The van der Waals surface area contributed by atoms with Gasteiger partial charge in [-0.05, 0) is 86.2 Å². The molecule has 1 aliphatic rings. The lowest BCUT2D eigenvalue weighted by Gasteiger charge is -2.25. The summed E-state index contributed by atoms with van der Waals surface area (Å²) >= 11 is 0. The molecule has 0 saturated carbocycles. The second-order valence-electron chi connectivity index (χ2n) is 12.5. The van der Waals surface area contributed by atoms with E-state index in [1.54, 1.807) is 51.1 Å². The average Bonchev–Trinajstić information content (AvgIpc) is 3.34. The van der Waals surface area contributed by atoms with Crippen molar-refractivity contribution in [1.29, 1.82) is 0 Å². The number of carboxylic acids is 1. The predicted octanol–water partition coefficient (Wildman–Crippen LogP) is 4.90. The van der Waals surface area contributed by atoms with Gasteiger partial charge in [0.2, 0.25) is 5.91 Å². The van der Waals surface area contributed by atoms with Crippen LogP contribution < -0.4 is 16.0 Å². The zero-order valence-electron chi connectivity index (χ0n) is 27.0. The first-order chi connectivity index (χ1) is 22.0. The van der Waals surface area contributed by atoms with Gasteiger partial charge in [0.25, 0.3) is 5.91 Å². The summed E-state index contributed by atoms with van der Waals surface area (Å²) in [6.07, 6.45) is 1.74. The van der Waals surface area contributed by atoms with Gasteiger partial charge in [-0.15, -0.1) is 0 Å². The quantitative estimate of drug-likeness (QED) is 0.210. The van der Waals surface area contributed by atoms with Crippen LogP contribution in [0.5, 0.6) is 0 Å². The van der Waals surface area contributed by atoms with Crippen molar-refractivity contribution in [2.24, 2.45) is 0 Å². The number of aliphatic carboxylic acids is 1. The van der Waals surface area contributed by atoms with E-state index in [0.29, 0.717) is 47.5 Å². The van der Waals surface area contributed by atoms with Gasteiger partial charge in [0.05, 0.1) is 11.4 Å². The molecule has 4 rings (SSSR count). The summed E-state index contributed by atoms with van der Waals surface area (Å²) in [5.74, 6) is -1.52. The summed E-state index contributed by atoms with van der Waals surface area (Å²) in [4.78, 5) is 50.6. The third-order valence-electron chi connectivity index (χ3n) is 7.39. The van der Waals surface area contributed by atoms with Gasteiger partial charge in [0.1, 0.15) is 5.60 Å². The van der Waals surface area contributed by atoms with E-state index >= 15 is 0 Å². The monoisotopic (exact) mass is 664 g/mol. The number of fused-ring (bicyclic) bond motifs is 1. The lowest BCUT2D eigenvalue weighted by molar-refractivity contribution is -0.138. The smallest absolute Gasteiger partial charge is 0.410 e. The maximum absolute atomic E-state index is 12.8. The number of carboxylic acid groups (broad SMARTS) is 1. The first-order valence-corrected chi connectivity index (χ1v) is 17.0. The van der Waals surface area contributed by atoms with E-state index in [1.165, 1.54) is 30.1 Å². The Kier molecular flexibility index (Phi) is 10.6. The van der Waals surface area contributed by atoms with Crippen molar-refractivity contribution in [2.75, 3.05) is 23.9 Å². The van der Waals surface area contributed by atoms with Crippen molar-refractivity contribution < 1.29 is 37.4 Å². The highest BCUT2D eigenvalue weighted by molar-refractivity contribution is 7.90. The van der Waals surface area contributed by atoms with Crippen molar-refractivity contribution in [3.63, 3.8) is 0 Å². The minimum atomic E-state index is -3.61. The third kappa shape index (κ3) is 9.55. The normalized spacial score (nSPS) is 13.3. The maximum Gasteiger partial charge on any atom is 0.410 e. The highest BCUT2D eigenvalue weighted by Gasteiger charge is 2.24. The second-order valence-corrected chi connectivity index (χ2v) is 14.5. The molecule has 3 amide bonds. The van der Waals surface area contributed by atoms with E-state index in [1.807, 2.05) is 12.1 Å². The van der Waals surface area contributed by atoms with E-state index in [4.69, 9.17) is 4.74 Å². The van der Waals surface area contributed by atoms with Gasteiger partial charge < -0.3 is 30.7 Å². The van der Waals surface area contributed by atoms with Crippen LogP contribution in [0, 0.1) is 0 Å². The van der Waals surface area contributed by atoms with Crippen molar-refractivity contribution in [3.8, 4) is 0 Å². The SMILES string of the molecule is CN(Cc1cc(NC(=O)CCCc2ccc(C(Nc3ccc4c(c3)C(=O)NC4)C(=O)O)cc2)ccc1S(C)(=O)=O)C(=O)OC(C)(C)C. The highest BCUT2D eigenvalue weighted by atomic mass is 32.2. The number of aryl methyl sites for hydroxylation is 1. The molecule has 1 atom stereocenters. The summed E-state index contributed by atoms with van der Waals surface area (Å²) in [6, 6.07) is 15.7. The first kappa shape index (κ1) is 35.0. The lowest BCUT2D eigenvalue weighted by atomic mass is 10.0. The zero-order valence-corrected chi connectivity index (χ0v) is 27.9. The largest absolute Gasteiger partial charge is 0.479 e. The molecule has 0 fully saturated rings. The Morgan fingerprint density at radius 1 is 1.02 bits per heavy atom. The van der Waals surface area contributed by atoms with E-state index in [0.717, 1.165) is 17.4 Å². The highest BCUT2D eigenvalue weighted by Crippen LogP contribution is 2.26. The molecule has 0 saturated heterocycles. The summed E-state index contributed by atoms with van der Waals surface area (Å²) in [6.45, 7) is 5.62. The number of hydrogen-bond acceptors (Lipinski definition) is 8. The number of benzene rings is 3. The molecule has 0 spiro atoms. The number of amides is 3. The summed E-state index contributed by atoms with van der Waals surface area (Å²) in [5.41, 5.74) is 3.39. The molecule has 0 bridgehead atoms. The number of carbonyl (C=O) groups excluding carboxylic acids is 3. The Hall–Kier alpha value is -4.91. The number of carbonyl (C=O) groups is 4. The van der Waals surface area contributed by atoms with Crippen LogP contribution in [-0.2, 0) is 43.7 Å². The van der Waals surface area contributed by atoms with Crippen molar-refractivity contribution in [2.45, 2.75) is 69.7 Å². The van der Waals surface area contributed by atoms with Gasteiger partial charge in [0.15, 0.2) is 15.9 Å². The molecule has 47 heavy (non-hydrogen) atoms. The van der Waals surface area contributed by atoms with E-state index in [-0.39, 0.29) is 29.7 Å². The van der Waals surface area contributed by atoms with Crippen LogP contribution >= 0.6 is 0 Å². The standard InChI is InChI=1S/C34H40N4O8S/c1-34(2,3)46-33(43)38(4)20-24-17-25(15-16-28(24)47(5,44)45)36-29(39)8-6-7-21-9-11-22(12-10-21)30(32(41)42)37-26-14-13-23-19-35-31(40)27(23)18-26/h9-18,30,37H,6-8,19-20H2,1-5H3,(H,35,40)(H,36,39)(H,41,42). The molecule has 12 nitrogen and oxygen atoms in total. The number of nitrogens with zero attached hydrogens (tertiary/aromatic N) is 1. The van der Waals surface area contributed by atoms with Gasteiger partial charge >= 0.3 is 12.1 Å². The maximum atomic E-state index is 12.8. The molecule has 250 valence electrons. The fraction of sp³-hybridized carbons (Fsp3) is 0.353. The van der Waals surface area contributed by atoms with Gasteiger partial charge in [-0.2, -0.15) is 0 Å². The predicted molar refractivity (Wildman–Crippen MR) is 177 cm³/mol. The van der Waals surface area contributed by atoms with E-state index < -0.39 is 33.5 Å². The molecule has 0 radical (unpaired) electrons. The van der Waals surface area contributed by atoms with Crippen molar-refractivity contribution in [1.82, 2.24) is 10.2 Å². The molecule has 1 aliphatic heterocycles. The third-order valence-corrected chi connectivity index (χ3v) is 8.59. The van der Waals surface area contributed by atoms with Gasteiger partial charge in [0, 0.05) is 43.2 Å². The van der Waals surface area contributed by atoms with Crippen LogP contribution in [-0.4, -0.2) is 61.2 Å². The average molecular weight is 665 g/mol. The number of ether oxygens (including phenoxy) is 1. The minimum absolute atomic E-state index is 0.0419. The number of anilines is 2. The molecular formula is C34H40N4O8S. The fourth-order valence-electron chi connectivity index (χ4n) is 5.11. The number of nitrogens with one attached hydrogen (secondary N) is 3. The van der Waals surface area contributed by atoms with Crippen LogP contribution in [0.4, 0.5) is 16.2 Å². The molecular weight excluding hydrogens is 624 g/mol. The zero-order chi connectivity index (χ0) is 34.5. The van der Waals surface area contributed by atoms with Crippen molar-refractivity contribution in [3.05, 3.63) is 88.5 Å². The Morgan fingerprint density at radius 3 is 2.34 bits per heavy atom. The number of hydrogen-bond donors (Lipinski definition) is 4. The molecule has 0 aromatic heterocycles. The molecule has 13 heteroatoms. The molecule has 3 aromatic carbocycles. The molecule has 1 unspecified atom stereocenters. The lowest BCUT2D eigenvalue weighted by Crippen LogP contribution is -2.34. The molecule has 3 aromatic rings. The van der Waals surface area contributed by atoms with Crippen LogP contribution in [0.15, 0.2) is 65.6 Å². The fourth-order valence-corrected chi connectivity index (χ4v) is 6.03. The van der Waals surface area contributed by atoms with Crippen LogP contribution in [0.2, 0.25) is 0 Å². The Balaban J connectivity index is 1.34. The Bertz CT molecular complexity index is 1780. The Morgan fingerprint density at radius 2 is 1.70 bits per heavy atom.